The fourth-order valence-electron chi connectivity index (χ4n) is 2.16. The average molecular weight is 266 g/mol. The van der Waals surface area contributed by atoms with E-state index in [0.29, 0.717) is 5.88 Å². The summed E-state index contributed by atoms with van der Waals surface area (Å²) >= 11 is 5.89. The van der Waals surface area contributed by atoms with E-state index >= 15 is 0 Å². The van der Waals surface area contributed by atoms with Crippen molar-refractivity contribution in [3.05, 3.63) is 23.7 Å². The van der Waals surface area contributed by atoms with Crippen LogP contribution in [-0.4, -0.2) is 20.4 Å². The van der Waals surface area contributed by atoms with E-state index in [0.717, 1.165) is 35.4 Å². The molecule has 98 valence electrons. The second-order valence-corrected chi connectivity index (χ2v) is 5.70. The van der Waals surface area contributed by atoms with Crippen LogP contribution < -0.4 is 0 Å². The van der Waals surface area contributed by atoms with Crippen LogP contribution in [0.4, 0.5) is 0 Å². The summed E-state index contributed by atoms with van der Waals surface area (Å²) in [5, 5.41) is 0. The highest BCUT2D eigenvalue weighted by atomic mass is 35.5. The molecule has 0 spiro atoms. The summed E-state index contributed by atoms with van der Waals surface area (Å²) < 4.78 is 2.24. The Balaban J connectivity index is 2.70. The van der Waals surface area contributed by atoms with Gasteiger partial charge >= 0.3 is 0 Å². The van der Waals surface area contributed by atoms with E-state index < -0.39 is 0 Å². The average Bonchev–Trinajstić information content (AvgIpc) is 2.67. The van der Waals surface area contributed by atoms with E-state index in [1.54, 1.807) is 0 Å². The van der Waals surface area contributed by atoms with Crippen LogP contribution in [0.25, 0.3) is 11.2 Å². The third-order valence-corrected chi connectivity index (χ3v) is 3.68. The Hall–Kier alpha value is -1.09. The highest BCUT2D eigenvalue weighted by molar-refractivity contribution is 6.17. The van der Waals surface area contributed by atoms with Gasteiger partial charge in [-0.1, -0.05) is 6.92 Å². The molecular formula is C14H20ClN3. The summed E-state index contributed by atoms with van der Waals surface area (Å²) in [6.07, 6.45) is 3.71. The van der Waals surface area contributed by atoms with Crippen molar-refractivity contribution in [3.63, 3.8) is 0 Å². The molecule has 3 nitrogen and oxygen atoms in total. The van der Waals surface area contributed by atoms with Gasteiger partial charge in [-0.3, -0.25) is 0 Å². The zero-order chi connectivity index (χ0) is 13.3. The minimum Gasteiger partial charge on any atom is -0.307 e. The molecule has 0 saturated carbocycles. The molecule has 0 unspecified atom stereocenters. The van der Waals surface area contributed by atoms with Crippen LogP contribution in [0.1, 0.15) is 38.6 Å². The topological polar surface area (TPSA) is 30.7 Å². The number of imidazole rings is 1. The molecular weight excluding hydrogens is 246 g/mol. The molecule has 0 amide bonds. The second-order valence-electron chi connectivity index (χ2n) is 5.32. The maximum absolute atomic E-state index is 5.89. The van der Waals surface area contributed by atoms with E-state index in [2.05, 4.69) is 36.4 Å². The van der Waals surface area contributed by atoms with Crippen molar-refractivity contribution in [2.75, 3.05) is 5.88 Å². The van der Waals surface area contributed by atoms with Gasteiger partial charge in [-0.05, 0) is 38.8 Å². The SMILES string of the molecule is CCC(C)(C)n1c(CCCl)nc2cc(C)cnc21. The Morgan fingerprint density at radius 1 is 1.39 bits per heavy atom. The lowest BCUT2D eigenvalue weighted by Crippen LogP contribution is -2.27. The van der Waals surface area contributed by atoms with Crippen LogP contribution in [-0.2, 0) is 12.0 Å². The Morgan fingerprint density at radius 3 is 2.72 bits per heavy atom. The molecule has 4 heteroatoms. The maximum atomic E-state index is 5.89. The summed E-state index contributed by atoms with van der Waals surface area (Å²) in [4.78, 5) is 9.25. The molecule has 0 atom stereocenters. The quantitative estimate of drug-likeness (QED) is 0.790. The molecule has 2 heterocycles. The first-order chi connectivity index (χ1) is 8.49. The van der Waals surface area contributed by atoms with E-state index in [1.165, 1.54) is 0 Å². The van der Waals surface area contributed by atoms with Crippen molar-refractivity contribution < 1.29 is 0 Å². The van der Waals surface area contributed by atoms with Gasteiger partial charge in [-0.15, -0.1) is 11.6 Å². The van der Waals surface area contributed by atoms with E-state index in [4.69, 9.17) is 16.6 Å². The first-order valence-electron chi connectivity index (χ1n) is 6.40. The van der Waals surface area contributed by atoms with Gasteiger partial charge in [0.1, 0.15) is 11.3 Å². The Morgan fingerprint density at radius 2 is 2.11 bits per heavy atom. The van der Waals surface area contributed by atoms with Crippen LogP contribution in [0.2, 0.25) is 0 Å². The van der Waals surface area contributed by atoms with Crippen molar-refractivity contribution in [3.8, 4) is 0 Å². The highest BCUT2D eigenvalue weighted by Crippen LogP contribution is 2.27. The summed E-state index contributed by atoms with van der Waals surface area (Å²) in [6.45, 7) is 8.66. The van der Waals surface area contributed by atoms with Crippen LogP contribution in [0.5, 0.6) is 0 Å². The summed E-state index contributed by atoms with van der Waals surface area (Å²) in [5.74, 6) is 1.62. The molecule has 0 aromatic carbocycles. The second kappa shape index (κ2) is 4.88. The minimum atomic E-state index is 0.0123. The lowest BCUT2D eigenvalue weighted by Gasteiger charge is -2.27. The summed E-state index contributed by atoms with van der Waals surface area (Å²) in [6, 6.07) is 2.09. The Labute approximate surface area is 113 Å². The molecule has 18 heavy (non-hydrogen) atoms. The molecule has 0 radical (unpaired) electrons. The van der Waals surface area contributed by atoms with Gasteiger partial charge in [0.15, 0.2) is 5.65 Å². The zero-order valence-corrected chi connectivity index (χ0v) is 12.3. The standard InChI is InChI=1S/C14H20ClN3/c1-5-14(3,4)18-12(6-7-15)17-11-8-10(2)9-16-13(11)18/h8-9H,5-7H2,1-4H3. The zero-order valence-electron chi connectivity index (χ0n) is 11.5. The van der Waals surface area contributed by atoms with E-state index in [1.807, 2.05) is 13.1 Å². The summed E-state index contributed by atoms with van der Waals surface area (Å²) in [5.41, 5.74) is 3.08. The van der Waals surface area contributed by atoms with Gasteiger partial charge in [-0.2, -0.15) is 0 Å². The van der Waals surface area contributed by atoms with Crippen molar-refractivity contribution in [2.24, 2.45) is 0 Å². The smallest absolute Gasteiger partial charge is 0.160 e. The lowest BCUT2D eigenvalue weighted by molar-refractivity contribution is 0.340. The Kier molecular flexibility index (Phi) is 3.62. The predicted octanol–water partition coefficient (Wildman–Crippen LogP) is 3.67. The Bertz CT molecular complexity index is 557. The number of rotatable bonds is 4. The normalized spacial score (nSPS) is 12.3. The van der Waals surface area contributed by atoms with Gasteiger partial charge in [0.05, 0.1) is 0 Å². The number of hydrogen-bond acceptors (Lipinski definition) is 2. The van der Waals surface area contributed by atoms with Crippen LogP contribution >= 0.6 is 11.6 Å². The highest BCUT2D eigenvalue weighted by Gasteiger charge is 2.24. The molecule has 0 N–H and O–H groups in total. The number of nitrogens with zero attached hydrogens (tertiary/aromatic N) is 3. The fraction of sp³-hybridized carbons (Fsp3) is 0.571. The summed E-state index contributed by atoms with van der Waals surface area (Å²) in [7, 11) is 0. The largest absolute Gasteiger partial charge is 0.307 e. The number of alkyl halides is 1. The van der Waals surface area contributed by atoms with Crippen molar-refractivity contribution in [1.29, 1.82) is 0 Å². The number of fused-ring (bicyclic) bond motifs is 1. The van der Waals surface area contributed by atoms with Gasteiger partial charge in [0, 0.05) is 24.0 Å². The van der Waals surface area contributed by atoms with Crippen molar-refractivity contribution >= 4 is 22.8 Å². The third kappa shape index (κ3) is 2.24. The molecule has 0 bridgehead atoms. The molecule has 2 rings (SSSR count). The minimum absolute atomic E-state index is 0.0123. The van der Waals surface area contributed by atoms with Gasteiger partial charge in [0.25, 0.3) is 0 Å². The number of hydrogen-bond donors (Lipinski definition) is 0. The molecule has 0 fully saturated rings. The maximum Gasteiger partial charge on any atom is 0.160 e. The molecule has 2 aromatic heterocycles. The predicted molar refractivity (Wildman–Crippen MR) is 76.3 cm³/mol. The molecule has 0 aliphatic heterocycles. The number of aromatic nitrogens is 3. The van der Waals surface area contributed by atoms with Crippen molar-refractivity contribution in [2.45, 2.75) is 46.1 Å². The third-order valence-electron chi connectivity index (χ3n) is 3.49. The van der Waals surface area contributed by atoms with Crippen LogP contribution in [0.3, 0.4) is 0 Å². The van der Waals surface area contributed by atoms with Crippen LogP contribution in [0.15, 0.2) is 12.3 Å². The number of aryl methyl sites for hydroxylation is 2. The van der Waals surface area contributed by atoms with Crippen molar-refractivity contribution in [1.82, 2.24) is 14.5 Å². The molecule has 0 saturated heterocycles. The first kappa shape index (κ1) is 13.3. The molecule has 2 aromatic rings. The molecule has 0 aliphatic rings. The van der Waals surface area contributed by atoms with E-state index in [-0.39, 0.29) is 5.54 Å². The number of halogens is 1. The lowest BCUT2D eigenvalue weighted by atomic mass is 10.0. The van der Waals surface area contributed by atoms with Gasteiger partial charge in [-0.25, -0.2) is 9.97 Å². The van der Waals surface area contributed by atoms with E-state index in [9.17, 15) is 0 Å². The number of pyridine rings is 1. The van der Waals surface area contributed by atoms with Gasteiger partial charge < -0.3 is 4.57 Å². The monoisotopic (exact) mass is 265 g/mol. The molecule has 0 aliphatic carbocycles. The van der Waals surface area contributed by atoms with Gasteiger partial charge in [0.2, 0.25) is 0 Å². The fourth-order valence-corrected chi connectivity index (χ4v) is 2.33. The van der Waals surface area contributed by atoms with Crippen LogP contribution in [0, 0.1) is 6.92 Å². The first-order valence-corrected chi connectivity index (χ1v) is 6.93.